The highest BCUT2D eigenvalue weighted by molar-refractivity contribution is 5.83. The third-order valence-electron chi connectivity index (χ3n) is 3.79. The second kappa shape index (κ2) is 7.04. The molecular weight excluding hydrogens is 272 g/mol. The molecule has 1 amide bonds. The van der Waals surface area contributed by atoms with Gasteiger partial charge in [-0.15, -0.1) is 0 Å². The molecule has 0 saturated heterocycles. The third kappa shape index (κ3) is 4.54. The van der Waals surface area contributed by atoms with Crippen LogP contribution in [-0.4, -0.2) is 42.0 Å². The van der Waals surface area contributed by atoms with E-state index in [1.807, 2.05) is 6.92 Å². The maximum Gasteiger partial charge on any atom is 0.227 e. The Balaban J connectivity index is 1.72. The van der Waals surface area contributed by atoms with Gasteiger partial charge in [-0.25, -0.2) is 0 Å². The summed E-state index contributed by atoms with van der Waals surface area (Å²) in [6.07, 6.45) is 1.77. The van der Waals surface area contributed by atoms with Crippen LogP contribution >= 0.6 is 0 Å². The van der Waals surface area contributed by atoms with Gasteiger partial charge >= 0.3 is 0 Å². The molecule has 6 nitrogen and oxygen atoms in total. The van der Waals surface area contributed by atoms with Gasteiger partial charge in [0, 0.05) is 18.7 Å². The first-order valence-corrected chi connectivity index (χ1v) is 7.45. The van der Waals surface area contributed by atoms with Gasteiger partial charge in [-0.05, 0) is 39.5 Å². The molecule has 6 heteroatoms. The predicted molar refractivity (Wildman–Crippen MR) is 77.0 cm³/mol. The normalized spacial score (nSPS) is 17.5. The number of nitrogens with zero attached hydrogens (tertiary/aromatic N) is 1. The van der Waals surface area contributed by atoms with E-state index < -0.39 is 6.10 Å². The van der Waals surface area contributed by atoms with Crippen molar-refractivity contribution < 1.29 is 19.2 Å². The Kier molecular flexibility index (Phi) is 5.36. The number of aryl methyl sites for hydroxylation is 2. The second-order valence-electron chi connectivity index (χ2n) is 5.84. The van der Waals surface area contributed by atoms with Gasteiger partial charge < -0.3 is 19.7 Å². The van der Waals surface area contributed by atoms with Crippen molar-refractivity contribution in [2.75, 3.05) is 19.8 Å². The van der Waals surface area contributed by atoms with Gasteiger partial charge in [0.25, 0.3) is 0 Å². The molecule has 0 bridgehead atoms. The van der Waals surface area contributed by atoms with Gasteiger partial charge in [0.1, 0.15) is 5.76 Å². The van der Waals surface area contributed by atoms with E-state index in [9.17, 15) is 9.90 Å². The summed E-state index contributed by atoms with van der Waals surface area (Å²) in [4.78, 5) is 12.1. The van der Waals surface area contributed by atoms with Crippen LogP contribution in [0.3, 0.4) is 0 Å². The van der Waals surface area contributed by atoms with Crippen molar-refractivity contribution >= 4 is 5.91 Å². The summed E-state index contributed by atoms with van der Waals surface area (Å²) in [5.41, 5.74) is 1.54. The highest BCUT2D eigenvalue weighted by Gasteiger charge is 2.24. The van der Waals surface area contributed by atoms with Crippen LogP contribution in [0.25, 0.3) is 0 Å². The molecule has 0 aliphatic heterocycles. The minimum absolute atomic E-state index is 0.148. The SMILES string of the molecule is Cc1noc(C)c1C(C)C(=O)NCC(O)COCC1CC1. The molecule has 1 fully saturated rings. The second-order valence-corrected chi connectivity index (χ2v) is 5.84. The van der Waals surface area contributed by atoms with Crippen molar-refractivity contribution in [3.8, 4) is 0 Å². The molecule has 1 aliphatic rings. The van der Waals surface area contributed by atoms with E-state index in [-0.39, 0.29) is 25.0 Å². The van der Waals surface area contributed by atoms with E-state index in [2.05, 4.69) is 10.5 Å². The molecule has 1 aromatic rings. The van der Waals surface area contributed by atoms with Crippen molar-refractivity contribution in [1.29, 1.82) is 0 Å². The smallest absolute Gasteiger partial charge is 0.227 e. The Morgan fingerprint density at radius 2 is 2.24 bits per heavy atom. The highest BCUT2D eigenvalue weighted by atomic mass is 16.5. The van der Waals surface area contributed by atoms with Crippen LogP contribution in [0, 0.1) is 19.8 Å². The fraction of sp³-hybridized carbons (Fsp3) is 0.733. The molecule has 1 saturated carbocycles. The molecule has 0 radical (unpaired) electrons. The van der Waals surface area contributed by atoms with E-state index in [0.29, 0.717) is 18.3 Å². The van der Waals surface area contributed by atoms with Crippen molar-refractivity contribution in [2.45, 2.75) is 45.6 Å². The summed E-state index contributed by atoms with van der Waals surface area (Å²) < 4.78 is 10.5. The number of nitrogens with one attached hydrogen (secondary N) is 1. The zero-order chi connectivity index (χ0) is 15.4. The largest absolute Gasteiger partial charge is 0.389 e. The minimum Gasteiger partial charge on any atom is -0.389 e. The van der Waals surface area contributed by atoms with Gasteiger partial charge in [0.05, 0.1) is 24.3 Å². The topological polar surface area (TPSA) is 84.6 Å². The van der Waals surface area contributed by atoms with Crippen LogP contribution in [0.15, 0.2) is 4.52 Å². The molecule has 2 atom stereocenters. The number of carbonyl (C=O) groups excluding carboxylic acids is 1. The fourth-order valence-corrected chi connectivity index (χ4v) is 2.33. The van der Waals surface area contributed by atoms with Crippen LogP contribution in [0.5, 0.6) is 0 Å². The fourth-order valence-electron chi connectivity index (χ4n) is 2.33. The van der Waals surface area contributed by atoms with Crippen LogP contribution in [0.2, 0.25) is 0 Å². The van der Waals surface area contributed by atoms with Crippen LogP contribution in [0.1, 0.15) is 42.7 Å². The number of rotatable bonds is 8. The van der Waals surface area contributed by atoms with Crippen LogP contribution in [-0.2, 0) is 9.53 Å². The Morgan fingerprint density at radius 1 is 1.52 bits per heavy atom. The van der Waals surface area contributed by atoms with Gasteiger partial charge in [0.15, 0.2) is 0 Å². The Labute approximate surface area is 124 Å². The van der Waals surface area contributed by atoms with Gasteiger partial charge in [-0.1, -0.05) is 5.16 Å². The first-order valence-electron chi connectivity index (χ1n) is 7.45. The summed E-state index contributed by atoms with van der Waals surface area (Å²) in [5.74, 6) is 0.830. The molecule has 0 spiro atoms. The number of aliphatic hydroxyl groups excluding tert-OH is 1. The first kappa shape index (κ1) is 16.0. The molecule has 1 aromatic heterocycles. The molecule has 2 rings (SSSR count). The van der Waals surface area contributed by atoms with E-state index in [0.717, 1.165) is 11.3 Å². The quantitative estimate of drug-likeness (QED) is 0.755. The molecule has 1 aliphatic carbocycles. The Bertz CT molecular complexity index is 463. The summed E-state index contributed by atoms with van der Waals surface area (Å²) in [6, 6.07) is 0. The van der Waals surface area contributed by atoms with Gasteiger partial charge in [0.2, 0.25) is 5.91 Å². The summed E-state index contributed by atoms with van der Waals surface area (Å²) in [7, 11) is 0. The van der Waals surface area contributed by atoms with E-state index in [1.54, 1.807) is 13.8 Å². The van der Waals surface area contributed by atoms with E-state index in [1.165, 1.54) is 12.8 Å². The summed E-state index contributed by atoms with van der Waals surface area (Å²) >= 11 is 0. The number of ether oxygens (including phenoxy) is 1. The van der Waals surface area contributed by atoms with Gasteiger partial charge in [-0.3, -0.25) is 4.79 Å². The van der Waals surface area contributed by atoms with Crippen molar-refractivity contribution in [1.82, 2.24) is 10.5 Å². The number of carbonyl (C=O) groups is 1. The molecule has 118 valence electrons. The average Bonchev–Trinajstić information content (AvgIpc) is 3.21. The van der Waals surface area contributed by atoms with Crippen molar-refractivity contribution in [2.24, 2.45) is 5.92 Å². The third-order valence-corrected chi connectivity index (χ3v) is 3.79. The monoisotopic (exact) mass is 296 g/mol. The number of amides is 1. The average molecular weight is 296 g/mol. The van der Waals surface area contributed by atoms with E-state index in [4.69, 9.17) is 9.26 Å². The zero-order valence-corrected chi connectivity index (χ0v) is 12.9. The Hall–Kier alpha value is -1.40. The lowest BCUT2D eigenvalue weighted by atomic mass is 9.99. The maximum atomic E-state index is 12.1. The first-order chi connectivity index (χ1) is 9.99. The standard InChI is InChI=1S/C15H24N2O4/c1-9(14-10(2)17-21-11(14)3)15(19)16-6-13(18)8-20-7-12-4-5-12/h9,12-13,18H,4-8H2,1-3H3,(H,16,19). The molecule has 1 heterocycles. The van der Waals surface area contributed by atoms with Crippen LogP contribution < -0.4 is 5.32 Å². The number of hydrogen-bond acceptors (Lipinski definition) is 5. The lowest BCUT2D eigenvalue weighted by Crippen LogP contribution is -2.37. The molecule has 21 heavy (non-hydrogen) atoms. The van der Waals surface area contributed by atoms with Crippen LogP contribution in [0.4, 0.5) is 0 Å². The van der Waals surface area contributed by atoms with E-state index >= 15 is 0 Å². The van der Waals surface area contributed by atoms with Gasteiger partial charge in [-0.2, -0.15) is 0 Å². The molecular formula is C15H24N2O4. The minimum atomic E-state index is -0.676. The summed E-state index contributed by atoms with van der Waals surface area (Å²) in [5, 5.41) is 16.4. The lowest BCUT2D eigenvalue weighted by Gasteiger charge is -2.15. The Morgan fingerprint density at radius 3 is 2.81 bits per heavy atom. The molecule has 2 N–H and O–H groups in total. The number of aliphatic hydroxyl groups is 1. The molecule has 0 aromatic carbocycles. The number of hydrogen-bond donors (Lipinski definition) is 2. The number of aromatic nitrogens is 1. The van der Waals surface area contributed by atoms with Crippen molar-refractivity contribution in [3.05, 3.63) is 17.0 Å². The molecule has 2 unspecified atom stereocenters. The zero-order valence-electron chi connectivity index (χ0n) is 12.9. The van der Waals surface area contributed by atoms with Crippen molar-refractivity contribution in [3.63, 3.8) is 0 Å². The summed E-state index contributed by atoms with van der Waals surface area (Å²) in [6.45, 7) is 6.57. The maximum absolute atomic E-state index is 12.1. The predicted octanol–water partition coefficient (Wildman–Crippen LogP) is 1.30. The highest BCUT2D eigenvalue weighted by Crippen LogP contribution is 2.28. The lowest BCUT2D eigenvalue weighted by molar-refractivity contribution is -0.122.